The summed E-state index contributed by atoms with van der Waals surface area (Å²) in [6, 6.07) is 0.447. The molecule has 0 aliphatic carbocycles. The molecule has 1 aliphatic rings. The van der Waals surface area contributed by atoms with Crippen molar-refractivity contribution >= 4 is 0 Å². The Morgan fingerprint density at radius 1 is 1.29 bits per heavy atom. The topological polar surface area (TPSA) is 75.7 Å². The zero-order chi connectivity index (χ0) is 11.7. The van der Waals surface area contributed by atoms with Crippen molar-refractivity contribution in [2.45, 2.75) is 12.5 Å². The van der Waals surface area contributed by atoms with Gasteiger partial charge in [0.1, 0.15) is 0 Å². The van der Waals surface area contributed by atoms with E-state index >= 15 is 0 Å². The van der Waals surface area contributed by atoms with Gasteiger partial charge in [-0.05, 0) is 0 Å². The van der Waals surface area contributed by atoms with Crippen molar-refractivity contribution in [2.24, 2.45) is 0 Å². The fourth-order valence-corrected chi connectivity index (χ4v) is 2.08. The van der Waals surface area contributed by atoms with E-state index < -0.39 is 0 Å². The van der Waals surface area contributed by atoms with Gasteiger partial charge in [0.2, 0.25) is 0 Å². The summed E-state index contributed by atoms with van der Waals surface area (Å²) in [7, 11) is 1.56. The number of aromatic nitrogens is 4. The summed E-state index contributed by atoms with van der Waals surface area (Å²) in [6.07, 6.45) is 6.25. The quantitative estimate of drug-likeness (QED) is 0.784. The summed E-state index contributed by atoms with van der Waals surface area (Å²) in [4.78, 5) is 15.8. The van der Waals surface area contributed by atoms with Gasteiger partial charge < -0.3 is 15.0 Å². The van der Waals surface area contributed by atoms with Gasteiger partial charge >= 0.3 is 6.01 Å². The Kier molecular flexibility index (Phi) is 2.49. The highest BCUT2D eigenvalue weighted by molar-refractivity contribution is 5.29. The lowest BCUT2D eigenvalue weighted by atomic mass is 10.0. The van der Waals surface area contributed by atoms with Gasteiger partial charge in [0, 0.05) is 36.6 Å². The first-order valence-corrected chi connectivity index (χ1v) is 5.50. The van der Waals surface area contributed by atoms with E-state index in [1.54, 1.807) is 25.8 Å². The van der Waals surface area contributed by atoms with Crippen LogP contribution < -0.4 is 10.1 Å². The van der Waals surface area contributed by atoms with Gasteiger partial charge in [-0.25, -0.2) is 15.0 Å². The van der Waals surface area contributed by atoms with E-state index in [-0.39, 0.29) is 6.04 Å². The molecule has 0 amide bonds. The minimum absolute atomic E-state index is 0.0657. The second kappa shape index (κ2) is 4.14. The van der Waals surface area contributed by atoms with E-state index in [1.807, 2.05) is 0 Å². The van der Waals surface area contributed by atoms with Crippen LogP contribution >= 0.6 is 0 Å². The standard InChI is InChI=1S/C11H13N5O/c1-17-11-13-4-7(5-14-11)9-10-8(2-3-12-9)15-6-16-10/h4-6,9,12H,2-3H2,1H3,(H,15,16). The number of aromatic amines is 1. The lowest BCUT2D eigenvalue weighted by Crippen LogP contribution is -2.30. The van der Waals surface area contributed by atoms with E-state index in [0.29, 0.717) is 6.01 Å². The van der Waals surface area contributed by atoms with Gasteiger partial charge in [0.05, 0.1) is 25.2 Å². The normalized spacial score (nSPS) is 18.8. The Hall–Kier alpha value is -1.95. The van der Waals surface area contributed by atoms with Crippen LogP contribution in [-0.2, 0) is 6.42 Å². The molecular weight excluding hydrogens is 218 g/mol. The molecule has 2 N–H and O–H groups in total. The molecular formula is C11H13N5O. The van der Waals surface area contributed by atoms with Gasteiger partial charge in [0.15, 0.2) is 0 Å². The minimum Gasteiger partial charge on any atom is -0.467 e. The number of hydrogen-bond acceptors (Lipinski definition) is 5. The Balaban J connectivity index is 1.95. The van der Waals surface area contributed by atoms with E-state index in [2.05, 4.69) is 25.3 Å². The molecule has 2 aromatic rings. The summed E-state index contributed by atoms with van der Waals surface area (Å²) in [6.45, 7) is 0.923. The fourth-order valence-electron chi connectivity index (χ4n) is 2.08. The van der Waals surface area contributed by atoms with Crippen molar-refractivity contribution in [2.75, 3.05) is 13.7 Å². The summed E-state index contributed by atoms with van der Waals surface area (Å²) >= 11 is 0. The van der Waals surface area contributed by atoms with Crippen LogP contribution in [0.25, 0.3) is 0 Å². The number of rotatable bonds is 2. The van der Waals surface area contributed by atoms with E-state index in [9.17, 15) is 0 Å². The van der Waals surface area contributed by atoms with Crippen LogP contribution in [0.3, 0.4) is 0 Å². The molecule has 88 valence electrons. The third kappa shape index (κ3) is 1.76. The van der Waals surface area contributed by atoms with Crippen LogP contribution in [0.5, 0.6) is 6.01 Å². The molecule has 1 unspecified atom stereocenters. The third-order valence-corrected chi connectivity index (χ3v) is 2.91. The Labute approximate surface area is 98.5 Å². The number of fused-ring (bicyclic) bond motifs is 1. The molecule has 0 radical (unpaired) electrons. The van der Waals surface area contributed by atoms with Crippen molar-refractivity contribution in [3.05, 3.63) is 35.7 Å². The highest BCUT2D eigenvalue weighted by atomic mass is 16.5. The zero-order valence-electron chi connectivity index (χ0n) is 9.47. The number of H-pyrrole nitrogens is 1. The molecule has 1 aliphatic heterocycles. The van der Waals surface area contributed by atoms with Crippen LogP contribution in [0.1, 0.15) is 23.0 Å². The van der Waals surface area contributed by atoms with Crippen LogP contribution in [0.15, 0.2) is 18.7 Å². The molecule has 3 heterocycles. The third-order valence-electron chi connectivity index (χ3n) is 2.91. The zero-order valence-corrected chi connectivity index (χ0v) is 9.47. The molecule has 0 aromatic carbocycles. The average molecular weight is 231 g/mol. The molecule has 2 aromatic heterocycles. The summed E-state index contributed by atoms with van der Waals surface area (Å²) in [5.41, 5.74) is 3.22. The number of methoxy groups -OCH3 is 1. The number of nitrogens with one attached hydrogen (secondary N) is 2. The monoisotopic (exact) mass is 231 g/mol. The highest BCUT2D eigenvalue weighted by Crippen LogP contribution is 2.25. The molecule has 0 spiro atoms. The number of imidazole rings is 1. The van der Waals surface area contributed by atoms with Crippen LogP contribution in [0, 0.1) is 0 Å². The molecule has 1 atom stereocenters. The first-order valence-electron chi connectivity index (χ1n) is 5.50. The number of nitrogens with zero attached hydrogens (tertiary/aromatic N) is 3. The van der Waals surface area contributed by atoms with Crippen LogP contribution in [0.4, 0.5) is 0 Å². The highest BCUT2D eigenvalue weighted by Gasteiger charge is 2.24. The minimum atomic E-state index is 0.0657. The van der Waals surface area contributed by atoms with Crippen molar-refractivity contribution < 1.29 is 4.74 Å². The molecule has 0 fully saturated rings. The summed E-state index contributed by atoms with van der Waals surface area (Å²) < 4.78 is 4.95. The predicted molar refractivity (Wildman–Crippen MR) is 60.7 cm³/mol. The van der Waals surface area contributed by atoms with E-state index in [0.717, 1.165) is 24.2 Å². The Bertz CT molecular complexity index is 507. The molecule has 6 heteroatoms. The van der Waals surface area contributed by atoms with Crippen molar-refractivity contribution in [3.63, 3.8) is 0 Å². The SMILES string of the molecule is COc1ncc(C2NCCc3[nH]cnc32)cn1. The second-order valence-corrected chi connectivity index (χ2v) is 3.91. The van der Waals surface area contributed by atoms with Crippen molar-refractivity contribution in [1.29, 1.82) is 0 Å². The molecule has 6 nitrogen and oxygen atoms in total. The fraction of sp³-hybridized carbons (Fsp3) is 0.364. The lowest BCUT2D eigenvalue weighted by molar-refractivity contribution is 0.378. The van der Waals surface area contributed by atoms with Gasteiger partial charge in [-0.2, -0.15) is 0 Å². The second-order valence-electron chi connectivity index (χ2n) is 3.91. The van der Waals surface area contributed by atoms with Gasteiger partial charge in [0.25, 0.3) is 0 Å². The summed E-state index contributed by atoms with van der Waals surface area (Å²) in [5.74, 6) is 0. The average Bonchev–Trinajstić information content (AvgIpc) is 2.87. The molecule has 0 saturated heterocycles. The maximum Gasteiger partial charge on any atom is 0.316 e. The van der Waals surface area contributed by atoms with Crippen LogP contribution in [0.2, 0.25) is 0 Å². The molecule has 3 rings (SSSR count). The Morgan fingerprint density at radius 3 is 2.88 bits per heavy atom. The van der Waals surface area contributed by atoms with E-state index in [4.69, 9.17) is 4.74 Å². The number of ether oxygens (including phenoxy) is 1. The summed E-state index contributed by atoms with van der Waals surface area (Å²) in [5, 5.41) is 3.41. The van der Waals surface area contributed by atoms with Gasteiger partial charge in [-0.1, -0.05) is 0 Å². The smallest absolute Gasteiger partial charge is 0.316 e. The van der Waals surface area contributed by atoms with E-state index in [1.165, 1.54) is 5.69 Å². The molecule has 0 saturated carbocycles. The first kappa shape index (κ1) is 10.2. The van der Waals surface area contributed by atoms with Crippen molar-refractivity contribution in [1.82, 2.24) is 25.3 Å². The maximum absolute atomic E-state index is 4.95. The van der Waals surface area contributed by atoms with Crippen molar-refractivity contribution in [3.8, 4) is 6.01 Å². The number of hydrogen-bond donors (Lipinski definition) is 2. The maximum atomic E-state index is 4.95. The van der Waals surface area contributed by atoms with Crippen LogP contribution in [-0.4, -0.2) is 33.6 Å². The lowest BCUT2D eigenvalue weighted by Gasteiger charge is -2.22. The largest absolute Gasteiger partial charge is 0.467 e. The van der Waals surface area contributed by atoms with Gasteiger partial charge in [-0.15, -0.1) is 0 Å². The Morgan fingerprint density at radius 2 is 2.12 bits per heavy atom. The predicted octanol–water partition coefficient (Wildman–Crippen LogP) is 0.443. The first-order chi connectivity index (χ1) is 8.38. The van der Waals surface area contributed by atoms with Gasteiger partial charge in [-0.3, -0.25) is 0 Å². The molecule has 17 heavy (non-hydrogen) atoms. The molecule has 0 bridgehead atoms.